The van der Waals surface area contributed by atoms with Gasteiger partial charge in [0.1, 0.15) is 12.3 Å². The average molecular weight is 316 g/mol. The number of hydrogen-bond donors (Lipinski definition) is 1. The number of aromatic amines is 1. The highest BCUT2D eigenvalue weighted by Gasteiger charge is 2.15. The van der Waals surface area contributed by atoms with Gasteiger partial charge >= 0.3 is 5.97 Å². The quantitative estimate of drug-likeness (QED) is 0.655. The number of carbonyl (C=O) groups excluding carboxylic acids is 1. The van der Waals surface area contributed by atoms with Crippen molar-refractivity contribution in [1.29, 1.82) is 0 Å². The highest BCUT2D eigenvalue weighted by molar-refractivity contribution is 5.88. The van der Waals surface area contributed by atoms with Crippen LogP contribution in [0.15, 0.2) is 36.4 Å². The van der Waals surface area contributed by atoms with Crippen molar-refractivity contribution in [3.05, 3.63) is 42.1 Å². The van der Waals surface area contributed by atoms with Crippen LogP contribution in [0.5, 0.6) is 0 Å². The molecular weight excluding hydrogens is 296 g/mol. The molecule has 0 amide bonds. The molecule has 1 atom stereocenters. The van der Waals surface area contributed by atoms with E-state index in [0.29, 0.717) is 18.0 Å². The number of ether oxygens (including phenoxy) is 3. The highest BCUT2D eigenvalue weighted by Crippen LogP contribution is 2.17. The van der Waals surface area contributed by atoms with Gasteiger partial charge in [-0.3, -0.25) is 5.10 Å². The summed E-state index contributed by atoms with van der Waals surface area (Å²) in [6, 6.07) is 11.3. The Hall–Kier alpha value is -2.18. The molecule has 2 aromatic rings. The number of esters is 1. The van der Waals surface area contributed by atoms with E-state index in [4.69, 9.17) is 14.2 Å². The van der Waals surface area contributed by atoms with Crippen molar-refractivity contribution in [2.75, 3.05) is 19.8 Å². The topological polar surface area (TPSA) is 73.4 Å². The molecule has 1 saturated heterocycles. The van der Waals surface area contributed by atoms with Gasteiger partial charge in [0, 0.05) is 12.2 Å². The van der Waals surface area contributed by atoms with E-state index < -0.39 is 5.97 Å². The van der Waals surface area contributed by atoms with Crippen molar-refractivity contribution < 1.29 is 19.0 Å². The van der Waals surface area contributed by atoms with Gasteiger partial charge in [-0.2, -0.15) is 5.10 Å². The minimum atomic E-state index is -0.437. The number of H-pyrrole nitrogens is 1. The molecule has 0 saturated carbocycles. The molecule has 0 radical (unpaired) electrons. The van der Waals surface area contributed by atoms with Crippen LogP contribution in [0.1, 0.15) is 29.8 Å². The van der Waals surface area contributed by atoms with Gasteiger partial charge < -0.3 is 14.2 Å². The van der Waals surface area contributed by atoms with Crippen molar-refractivity contribution in [3.8, 4) is 11.3 Å². The first-order valence-electron chi connectivity index (χ1n) is 7.84. The lowest BCUT2D eigenvalue weighted by molar-refractivity contribution is -0.166. The fourth-order valence-electron chi connectivity index (χ4n) is 2.42. The molecule has 3 rings (SSSR count). The predicted octanol–water partition coefficient (Wildman–Crippen LogP) is 2.78. The molecule has 23 heavy (non-hydrogen) atoms. The Kier molecular flexibility index (Phi) is 5.39. The van der Waals surface area contributed by atoms with E-state index >= 15 is 0 Å². The molecule has 1 aromatic heterocycles. The maximum Gasteiger partial charge on any atom is 0.356 e. The first-order chi connectivity index (χ1) is 11.3. The summed E-state index contributed by atoms with van der Waals surface area (Å²) in [5.74, 6) is -0.437. The van der Waals surface area contributed by atoms with Crippen LogP contribution >= 0.6 is 0 Å². The predicted molar refractivity (Wildman–Crippen MR) is 83.8 cm³/mol. The van der Waals surface area contributed by atoms with Crippen molar-refractivity contribution in [2.24, 2.45) is 0 Å². The van der Waals surface area contributed by atoms with Crippen LogP contribution in [0.3, 0.4) is 0 Å². The third-order valence-corrected chi connectivity index (χ3v) is 3.63. The summed E-state index contributed by atoms with van der Waals surface area (Å²) in [7, 11) is 0. The number of hydrogen-bond acceptors (Lipinski definition) is 5. The largest absolute Gasteiger partial charge is 0.459 e. The van der Waals surface area contributed by atoms with Crippen LogP contribution in [0.25, 0.3) is 11.3 Å². The maximum atomic E-state index is 12.0. The van der Waals surface area contributed by atoms with E-state index in [1.165, 1.54) is 0 Å². The van der Waals surface area contributed by atoms with Crippen molar-refractivity contribution in [2.45, 2.75) is 25.6 Å². The Balaban J connectivity index is 1.44. The zero-order valence-corrected chi connectivity index (χ0v) is 12.9. The number of nitrogens with one attached hydrogen (secondary N) is 1. The second-order valence-electron chi connectivity index (χ2n) is 5.34. The fourth-order valence-corrected chi connectivity index (χ4v) is 2.42. The second-order valence-corrected chi connectivity index (χ2v) is 5.34. The average Bonchev–Trinajstić information content (AvgIpc) is 3.10. The Morgan fingerprint density at radius 2 is 2.13 bits per heavy atom. The first kappa shape index (κ1) is 15.7. The van der Waals surface area contributed by atoms with Gasteiger partial charge in [0.05, 0.1) is 12.3 Å². The summed E-state index contributed by atoms with van der Waals surface area (Å²) in [6.07, 6.45) is 2.92. The number of carbonyl (C=O) groups is 1. The summed E-state index contributed by atoms with van der Waals surface area (Å²) in [5.41, 5.74) is 1.99. The van der Waals surface area contributed by atoms with Gasteiger partial charge in [-0.1, -0.05) is 30.3 Å². The number of benzene rings is 1. The normalized spacial score (nSPS) is 17.8. The van der Waals surface area contributed by atoms with Gasteiger partial charge in [-0.25, -0.2) is 4.79 Å². The van der Waals surface area contributed by atoms with Gasteiger partial charge in [-0.05, 0) is 25.3 Å². The minimum absolute atomic E-state index is 0.167. The van der Waals surface area contributed by atoms with Crippen LogP contribution in [0.4, 0.5) is 0 Å². The van der Waals surface area contributed by atoms with E-state index in [2.05, 4.69) is 10.2 Å². The minimum Gasteiger partial charge on any atom is -0.459 e. The molecular formula is C17H20N2O4. The molecule has 0 aliphatic carbocycles. The van der Waals surface area contributed by atoms with Gasteiger partial charge in [0.15, 0.2) is 6.29 Å². The third-order valence-electron chi connectivity index (χ3n) is 3.63. The molecule has 0 spiro atoms. The molecule has 0 unspecified atom stereocenters. The first-order valence-corrected chi connectivity index (χ1v) is 7.84. The van der Waals surface area contributed by atoms with E-state index in [1.807, 2.05) is 30.3 Å². The van der Waals surface area contributed by atoms with Crippen LogP contribution in [0.2, 0.25) is 0 Å². The van der Waals surface area contributed by atoms with Crippen LogP contribution < -0.4 is 0 Å². The Morgan fingerprint density at radius 3 is 2.91 bits per heavy atom. The lowest BCUT2D eigenvalue weighted by atomic mass is 10.1. The molecule has 6 nitrogen and oxygen atoms in total. The molecule has 1 aliphatic heterocycles. The summed E-state index contributed by atoms with van der Waals surface area (Å²) in [5, 5.41) is 6.84. The summed E-state index contributed by atoms with van der Waals surface area (Å²) < 4.78 is 16.1. The van der Waals surface area contributed by atoms with Gasteiger partial charge in [0.25, 0.3) is 0 Å². The zero-order valence-electron chi connectivity index (χ0n) is 12.9. The molecule has 1 aliphatic rings. The Labute approximate surface area is 134 Å². The fraction of sp³-hybridized carbons (Fsp3) is 0.412. The molecule has 6 heteroatoms. The monoisotopic (exact) mass is 316 g/mol. The van der Waals surface area contributed by atoms with Gasteiger partial charge in [-0.15, -0.1) is 0 Å². The molecule has 1 aromatic carbocycles. The summed E-state index contributed by atoms with van der Waals surface area (Å²) >= 11 is 0. The van der Waals surface area contributed by atoms with Gasteiger partial charge in [0.2, 0.25) is 0 Å². The summed E-state index contributed by atoms with van der Waals surface area (Å²) in [6.45, 7) is 1.26. The molecule has 0 bridgehead atoms. The lowest BCUT2D eigenvalue weighted by Crippen LogP contribution is -2.24. The maximum absolute atomic E-state index is 12.0. The SMILES string of the molecule is O=C(OCCO[C@@H]1CCCCO1)c1cc(-c2ccccc2)n[nH]1. The molecule has 1 fully saturated rings. The lowest BCUT2D eigenvalue weighted by Gasteiger charge is -2.22. The number of rotatable bonds is 6. The van der Waals surface area contributed by atoms with Crippen molar-refractivity contribution >= 4 is 5.97 Å². The number of nitrogens with zero attached hydrogens (tertiary/aromatic N) is 1. The molecule has 2 heterocycles. The zero-order chi connectivity index (χ0) is 15.9. The Bertz CT molecular complexity index is 621. The highest BCUT2D eigenvalue weighted by atomic mass is 16.7. The van der Waals surface area contributed by atoms with Crippen LogP contribution in [-0.4, -0.2) is 42.3 Å². The van der Waals surface area contributed by atoms with E-state index in [-0.39, 0.29) is 12.9 Å². The van der Waals surface area contributed by atoms with Crippen LogP contribution in [-0.2, 0) is 14.2 Å². The second kappa shape index (κ2) is 7.89. The van der Waals surface area contributed by atoms with Crippen molar-refractivity contribution in [3.63, 3.8) is 0 Å². The Morgan fingerprint density at radius 1 is 1.26 bits per heavy atom. The third kappa shape index (κ3) is 4.40. The summed E-state index contributed by atoms with van der Waals surface area (Å²) in [4.78, 5) is 12.0. The smallest absolute Gasteiger partial charge is 0.356 e. The van der Waals surface area contributed by atoms with E-state index in [0.717, 1.165) is 31.4 Å². The molecule has 1 N–H and O–H groups in total. The number of aromatic nitrogens is 2. The molecule has 122 valence electrons. The van der Waals surface area contributed by atoms with E-state index in [1.54, 1.807) is 6.07 Å². The standard InChI is InChI=1S/C17H20N2O4/c20-17(23-11-10-22-16-8-4-5-9-21-16)15-12-14(18-19-15)13-6-2-1-3-7-13/h1-3,6-7,12,16H,4-5,8-11H2,(H,18,19)/t16-/m1/s1. The van der Waals surface area contributed by atoms with Crippen molar-refractivity contribution in [1.82, 2.24) is 10.2 Å². The van der Waals surface area contributed by atoms with Crippen LogP contribution in [0, 0.1) is 0 Å². The van der Waals surface area contributed by atoms with E-state index in [9.17, 15) is 4.79 Å².